The number of nitrogens with zero attached hydrogens (tertiary/aromatic N) is 2. The normalized spacial score (nSPS) is 13.7. The number of rotatable bonds is 6. The molecule has 1 aliphatic heterocycles. The first-order valence-corrected chi connectivity index (χ1v) is 9.81. The van der Waals surface area contributed by atoms with Crippen LogP contribution in [0.15, 0.2) is 90.6 Å². The second-order valence-electron chi connectivity index (χ2n) is 6.79. The fourth-order valence-electron chi connectivity index (χ4n) is 3.74. The maximum atomic E-state index is 13.7. The van der Waals surface area contributed by atoms with E-state index in [9.17, 15) is 9.59 Å². The van der Waals surface area contributed by atoms with Crippen LogP contribution in [0.2, 0.25) is 0 Å². The molecule has 0 spiro atoms. The number of hydrogen-bond acceptors (Lipinski definition) is 4. The quantitative estimate of drug-likeness (QED) is 0.574. The van der Waals surface area contributed by atoms with Crippen LogP contribution in [0.25, 0.3) is 5.57 Å². The molecule has 30 heavy (non-hydrogen) atoms. The molecule has 0 aromatic heterocycles. The van der Waals surface area contributed by atoms with Crippen LogP contribution in [0.4, 0.5) is 11.4 Å². The van der Waals surface area contributed by atoms with Gasteiger partial charge < -0.3 is 9.64 Å². The summed E-state index contributed by atoms with van der Waals surface area (Å²) in [5.74, 6) is -0.259. The van der Waals surface area contributed by atoms with Crippen molar-refractivity contribution in [3.05, 3.63) is 96.2 Å². The van der Waals surface area contributed by atoms with E-state index < -0.39 is 0 Å². The first-order chi connectivity index (χ1) is 14.7. The van der Waals surface area contributed by atoms with E-state index >= 15 is 0 Å². The summed E-state index contributed by atoms with van der Waals surface area (Å²) in [6.07, 6.45) is 0. The van der Waals surface area contributed by atoms with Crippen LogP contribution in [-0.4, -0.2) is 25.5 Å². The van der Waals surface area contributed by atoms with Crippen LogP contribution < -0.4 is 14.5 Å². The maximum Gasteiger partial charge on any atom is 0.282 e. The molecule has 3 aromatic carbocycles. The van der Waals surface area contributed by atoms with Gasteiger partial charge in [0, 0.05) is 12.2 Å². The van der Waals surface area contributed by atoms with Gasteiger partial charge in [-0.1, -0.05) is 60.7 Å². The Morgan fingerprint density at radius 3 is 2.03 bits per heavy atom. The highest BCUT2D eigenvalue weighted by atomic mass is 16.5. The minimum Gasteiger partial charge on any atom is -0.495 e. The van der Waals surface area contributed by atoms with E-state index in [0.717, 1.165) is 5.69 Å². The van der Waals surface area contributed by atoms with E-state index in [4.69, 9.17) is 4.74 Å². The molecule has 0 radical (unpaired) electrons. The van der Waals surface area contributed by atoms with E-state index in [1.165, 1.54) is 12.0 Å². The molecule has 0 saturated heterocycles. The van der Waals surface area contributed by atoms with Crippen molar-refractivity contribution in [3.8, 4) is 5.75 Å². The van der Waals surface area contributed by atoms with Gasteiger partial charge in [0.25, 0.3) is 11.8 Å². The van der Waals surface area contributed by atoms with Crippen LogP contribution in [-0.2, 0) is 9.59 Å². The zero-order valence-electron chi connectivity index (χ0n) is 16.9. The molecule has 0 unspecified atom stereocenters. The van der Waals surface area contributed by atoms with Gasteiger partial charge in [-0.3, -0.25) is 9.59 Å². The lowest BCUT2D eigenvalue weighted by atomic mass is 10.0. The number of para-hydroxylation sites is 3. The van der Waals surface area contributed by atoms with E-state index in [1.54, 1.807) is 18.2 Å². The third kappa shape index (κ3) is 3.24. The van der Waals surface area contributed by atoms with Gasteiger partial charge in [-0.2, -0.15) is 0 Å². The molecule has 0 N–H and O–H groups in total. The average Bonchev–Trinajstić information content (AvgIpc) is 3.05. The Morgan fingerprint density at radius 1 is 0.800 bits per heavy atom. The monoisotopic (exact) mass is 398 g/mol. The summed E-state index contributed by atoms with van der Waals surface area (Å²) in [4.78, 5) is 30.4. The van der Waals surface area contributed by atoms with Gasteiger partial charge in [0.2, 0.25) is 0 Å². The Hall–Kier alpha value is -3.86. The zero-order chi connectivity index (χ0) is 21.1. The average molecular weight is 398 g/mol. The number of hydrogen-bond donors (Lipinski definition) is 0. The minimum absolute atomic E-state index is 0.361. The van der Waals surface area contributed by atoms with Gasteiger partial charge in [-0.25, -0.2) is 4.90 Å². The van der Waals surface area contributed by atoms with Gasteiger partial charge in [-0.15, -0.1) is 0 Å². The molecule has 0 fully saturated rings. The summed E-state index contributed by atoms with van der Waals surface area (Å²) >= 11 is 0. The summed E-state index contributed by atoms with van der Waals surface area (Å²) in [6, 6.07) is 26.0. The summed E-state index contributed by atoms with van der Waals surface area (Å²) in [7, 11) is 1.53. The Bertz CT molecular complexity index is 1110. The van der Waals surface area contributed by atoms with Gasteiger partial charge in [-0.05, 0) is 36.8 Å². The molecular weight excluding hydrogens is 376 g/mol. The Kier molecular flexibility index (Phi) is 5.35. The highest BCUT2D eigenvalue weighted by Crippen LogP contribution is 2.39. The van der Waals surface area contributed by atoms with Crippen molar-refractivity contribution in [1.29, 1.82) is 0 Å². The van der Waals surface area contributed by atoms with Crippen molar-refractivity contribution in [2.24, 2.45) is 0 Å². The summed E-state index contributed by atoms with van der Waals surface area (Å²) in [5, 5.41) is 0. The Balaban J connectivity index is 1.92. The third-order valence-electron chi connectivity index (χ3n) is 5.10. The topological polar surface area (TPSA) is 49.9 Å². The Labute approximate surface area is 175 Å². The number of likely N-dealkylation sites (N-methyl/N-ethyl adjacent to an activating group) is 1. The van der Waals surface area contributed by atoms with Gasteiger partial charge in [0.05, 0.1) is 18.4 Å². The lowest BCUT2D eigenvalue weighted by molar-refractivity contribution is -0.120. The number of imide groups is 1. The van der Waals surface area contributed by atoms with Crippen LogP contribution in [0.5, 0.6) is 5.75 Å². The van der Waals surface area contributed by atoms with Crippen LogP contribution >= 0.6 is 0 Å². The lowest BCUT2D eigenvalue weighted by Crippen LogP contribution is -2.35. The van der Waals surface area contributed by atoms with Crippen molar-refractivity contribution in [3.63, 3.8) is 0 Å². The van der Waals surface area contributed by atoms with E-state index in [0.29, 0.717) is 34.8 Å². The number of amides is 2. The third-order valence-corrected chi connectivity index (χ3v) is 5.10. The summed E-state index contributed by atoms with van der Waals surface area (Å²) in [5.41, 5.74) is 2.75. The summed E-state index contributed by atoms with van der Waals surface area (Å²) in [6.45, 7) is 2.50. The predicted octanol–water partition coefficient (Wildman–Crippen LogP) is 4.51. The fraction of sp³-hybridized carbons (Fsp3) is 0.120. The molecular formula is C25H22N2O3. The van der Waals surface area contributed by atoms with Gasteiger partial charge in [0.1, 0.15) is 11.4 Å². The van der Waals surface area contributed by atoms with E-state index in [2.05, 4.69) is 0 Å². The van der Waals surface area contributed by atoms with Gasteiger partial charge in [0.15, 0.2) is 0 Å². The molecule has 150 valence electrons. The number of methoxy groups -OCH3 is 1. The number of ether oxygens (including phenoxy) is 1. The van der Waals surface area contributed by atoms with Crippen LogP contribution in [0.1, 0.15) is 12.5 Å². The lowest BCUT2D eigenvalue weighted by Gasteiger charge is -2.25. The molecule has 3 aromatic rings. The molecule has 4 rings (SSSR count). The van der Waals surface area contributed by atoms with Crippen molar-refractivity contribution in [2.75, 3.05) is 23.5 Å². The SMILES string of the molecule is CCN(C1=C(c2ccccc2)C(=O)N(c2ccccc2OC)C1=O)c1ccccc1. The second-order valence-corrected chi connectivity index (χ2v) is 6.79. The fourth-order valence-corrected chi connectivity index (χ4v) is 3.74. The van der Waals surface area contributed by atoms with E-state index in [-0.39, 0.29) is 11.8 Å². The van der Waals surface area contributed by atoms with Crippen molar-refractivity contribution < 1.29 is 14.3 Å². The zero-order valence-corrected chi connectivity index (χ0v) is 16.9. The molecule has 5 nitrogen and oxygen atoms in total. The molecule has 5 heteroatoms. The highest BCUT2D eigenvalue weighted by molar-refractivity contribution is 6.46. The van der Waals surface area contributed by atoms with Crippen LogP contribution in [0.3, 0.4) is 0 Å². The first kappa shape index (κ1) is 19.5. The second kappa shape index (κ2) is 8.25. The maximum absolute atomic E-state index is 13.7. The number of benzene rings is 3. The standard InChI is InChI=1S/C25H22N2O3/c1-3-26(19-14-8-5-9-15-19)23-22(18-12-6-4-7-13-18)24(28)27(25(23)29)20-16-10-11-17-21(20)30-2/h4-17H,3H2,1-2H3. The Morgan fingerprint density at radius 2 is 1.40 bits per heavy atom. The van der Waals surface area contributed by atoms with Crippen LogP contribution in [0, 0.1) is 0 Å². The largest absolute Gasteiger partial charge is 0.495 e. The van der Waals surface area contributed by atoms with Crippen molar-refractivity contribution >= 4 is 28.8 Å². The molecule has 1 aliphatic rings. The molecule has 0 aliphatic carbocycles. The number of carbonyl (C=O) groups excluding carboxylic acids is 2. The predicted molar refractivity (Wildman–Crippen MR) is 118 cm³/mol. The highest BCUT2D eigenvalue weighted by Gasteiger charge is 2.43. The first-order valence-electron chi connectivity index (χ1n) is 9.81. The van der Waals surface area contributed by atoms with Crippen molar-refractivity contribution in [1.82, 2.24) is 0 Å². The number of anilines is 2. The number of carbonyl (C=O) groups is 2. The molecule has 1 heterocycles. The molecule has 0 saturated carbocycles. The van der Waals surface area contributed by atoms with E-state index in [1.807, 2.05) is 78.6 Å². The van der Waals surface area contributed by atoms with Gasteiger partial charge >= 0.3 is 0 Å². The smallest absolute Gasteiger partial charge is 0.282 e. The molecule has 0 bridgehead atoms. The van der Waals surface area contributed by atoms with Crippen molar-refractivity contribution in [2.45, 2.75) is 6.92 Å². The molecule has 2 amide bonds. The molecule has 0 atom stereocenters. The summed E-state index contributed by atoms with van der Waals surface area (Å²) < 4.78 is 5.42. The minimum atomic E-state index is -0.367.